The Bertz CT molecular complexity index is 380. The summed E-state index contributed by atoms with van der Waals surface area (Å²) >= 11 is 3.25. The molecule has 0 bridgehead atoms. The quantitative estimate of drug-likeness (QED) is 0.590. The largest absolute Gasteiger partial charge is 0.479 e. The number of carboxylic acid groups (broad SMARTS) is 1. The molecule has 0 radical (unpaired) electrons. The summed E-state index contributed by atoms with van der Waals surface area (Å²) in [6.07, 6.45) is 0.872. The van der Waals surface area contributed by atoms with Crippen molar-refractivity contribution >= 4 is 21.9 Å². The van der Waals surface area contributed by atoms with Gasteiger partial charge in [-0.25, -0.2) is 4.79 Å². The van der Waals surface area contributed by atoms with E-state index in [4.69, 9.17) is 5.11 Å². The van der Waals surface area contributed by atoms with E-state index in [-0.39, 0.29) is 0 Å². The number of rotatable bonds is 1. The van der Waals surface area contributed by atoms with Gasteiger partial charge >= 0.3 is 5.97 Å². The summed E-state index contributed by atoms with van der Waals surface area (Å²) in [5, 5.41) is 12.1. The summed E-state index contributed by atoms with van der Waals surface area (Å²) in [4.78, 5) is 11.1. The Kier molecular flexibility index (Phi) is 2.33. The molecule has 1 unspecified atom stereocenters. The van der Waals surface area contributed by atoms with Gasteiger partial charge in [0.25, 0.3) is 0 Å². The van der Waals surface area contributed by atoms with Crippen molar-refractivity contribution in [1.82, 2.24) is 5.32 Å². The van der Waals surface area contributed by atoms with Crippen molar-refractivity contribution in [3.05, 3.63) is 35.4 Å². The second kappa shape index (κ2) is 3.37. The first-order valence-corrected chi connectivity index (χ1v) is 5.19. The maximum absolute atomic E-state index is 11.1. The van der Waals surface area contributed by atoms with E-state index in [0.29, 0.717) is 6.54 Å². The number of benzene rings is 1. The normalized spacial score (nSPS) is 25.5. The number of halogens is 1. The van der Waals surface area contributed by atoms with Crippen LogP contribution >= 0.6 is 15.9 Å². The highest BCUT2D eigenvalue weighted by molar-refractivity contribution is 9.10. The minimum Gasteiger partial charge on any atom is -0.479 e. The van der Waals surface area contributed by atoms with Gasteiger partial charge in [0.15, 0.2) is 4.45 Å². The fourth-order valence-electron chi connectivity index (χ4n) is 1.73. The zero-order valence-corrected chi connectivity index (χ0v) is 9.04. The van der Waals surface area contributed by atoms with Crippen molar-refractivity contribution in [2.75, 3.05) is 6.54 Å². The molecule has 0 aliphatic carbocycles. The summed E-state index contributed by atoms with van der Waals surface area (Å²) in [6, 6.07) is 7.59. The number of nitrogens with one attached hydrogen (secondary N) is 1. The Balaban J connectivity index is 2.55. The van der Waals surface area contributed by atoms with E-state index in [1.165, 1.54) is 0 Å². The number of aliphatic carboxylic acids is 1. The Hall–Kier alpha value is -0.870. The van der Waals surface area contributed by atoms with Gasteiger partial charge in [-0.15, -0.1) is 0 Å². The van der Waals surface area contributed by atoms with E-state index in [1.807, 2.05) is 24.3 Å². The molecule has 1 aliphatic rings. The molecule has 0 spiro atoms. The molecule has 0 saturated carbocycles. The van der Waals surface area contributed by atoms with Crippen LogP contribution < -0.4 is 5.32 Å². The summed E-state index contributed by atoms with van der Waals surface area (Å²) < 4.78 is -1.11. The van der Waals surface area contributed by atoms with Crippen LogP contribution in [0.15, 0.2) is 24.3 Å². The second-order valence-corrected chi connectivity index (χ2v) is 4.49. The highest BCUT2D eigenvalue weighted by atomic mass is 79.9. The van der Waals surface area contributed by atoms with E-state index in [9.17, 15) is 4.79 Å². The van der Waals surface area contributed by atoms with Crippen LogP contribution in [0.2, 0.25) is 0 Å². The van der Waals surface area contributed by atoms with Crippen molar-refractivity contribution < 1.29 is 9.90 Å². The topological polar surface area (TPSA) is 49.3 Å². The van der Waals surface area contributed by atoms with Crippen LogP contribution in [0.25, 0.3) is 0 Å². The van der Waals surface area contributed by atoms with Gasteiger partial charge in [0.05, 0.1) is 0 Å². The minimum atomic E-state index is -1.11. The highest BCUT2D eigenvalue weighted by Crippen LogP contribution is 2.34. The van der Waals surface area contributed by atoms with Gasteiger partial charge in [-0.3, -0.25) is 5.32 Å². The molecule has 0 aromatic heterocycles. The standard InChI is InChI=1S/C10H10BrNO2/c11-10(9(13)14)8-4-2-1-3-7(8)5-6-12-10/h1-4,12H,5-6H2,(H,13,14). The monoisotopic (exact) mass is 255 g/mol. The minimum absolute atomic E-state index is 0.675. The maximum atomic E-state index is 11.1. The molecule has 14 heavy (non-hydrogen) atoms. The molecule has 1 aromatic carbocycles. The van der Waals surface area contributed by atoms with Crippen LogP contribution in [0.4, 0.5) is 0 Å². The van der Waals surface area contributed by atoms with Crippen LogP contribution in [-0.4, -0.2) is 17.6 Å². The predicted octanol–water partition coefficient (Wildman–Crippen LogP) is 1.46. The zero-order chi connectivity index (χ0) is 10.2. The number of carbonyl (C=O) groups is 1. The molecule has 0 amide bonds. The molecular formula is C10H10BrNO2. The van der Waals surface area contributed by atoms with Gasteiger partial charge in [-0.05, 0) is 33.5 Å². The number of carboxylic acids is 1. The van der Waals surface area contributed by atoms with Gasteiger partial charge in [-0.2, -0.15) is 0 Å². The summed E-state index contributed by atoms with van der Waals surface area (Å²) in [6.45, 7) is 0.675. The van der Waals surface area contributed by atoms with Crippen LogP contribution in [-0.2, 0) is 15.7 Å². The average molecular weight is 256 g/mol. The number of hydrogen-bond acceptors (Lipinski definition) is 2. The molecule has 2 rings (SSSR count). The third-order valence-corrected chi connectivity index (χ3v) is 3.49. The molecular weight excluding hydrogens is 246 g/mol. The number of fused-ring (bicyclic) bond motifs is 1. The molecule has 2 N–H and O–H groups in total. The summed E-state index contributed by atoms with van der Waals surface area (Å²) in [5.74, 6) is -0.898. The predicted molar refractivity (Wildman–Crippen MR) is 56.4 cm³/mol. The molecule has 1 heterocycles. The summed E-state index contributed by atoms with van der Waals surface area (Å²) in [5.41, 5.74) is 1.89. The van der Waals surface area contributed by atoms with E-state index in [1.54, 1.807) is 0 Å². The van der Waals surface area contributed by atoms with E-state index >= 15 is 0 Å². The molecule has 0 fully saturated rings. The van der Waals surface area contributed by atoms with Crippen LogP contribution in [0.3, 0.4) is 0 Å². The Morgan fingerprint density at radius 2 is 2.21 bits per heavy atom. The third-order valence-electron chi connectivity index (χ3n) is 2.45. The molecule has 1 aliphatic heterocycles. The lowest BCUT2D eigenvalue weighted by atomic mass is 9.94. The SMILES string of the molecule is O=C(O)C1(Br)NCCc2ccccc21. The van der Waals surface area contributed by atoms with Crippen molar-refractivity contribution in [2.45, 2.75) is 10.9 Å². The fraction of sp³-hybridized carbons (Fsp3) is 0.300. The lowest BCUT2D eigenvalue weighted by molar-refractivity contribution is -0.141. The van der Waals surface area contributed by atoms with E-state index in [2.05, 4.69) is 21.2 Å². The number of alkyl halides is 1. The Morgan fingerprint density at radius 3 is 2.93 bits per heavy atom. The molecule has 4 heteroatoms. The fourth-order valence-corrected chi connectivity index (χ4v) is 2.31. The zero-order valence-electron chi connectivity index (χ0n) is 7.46. The van der Waals surface area contributed by atoms with Crippen molar-refractivity contribution in [2.24, 2.45) is 0 Å². The molecule has 3 nitrogen and oxygen atoms in total. The molecule has 1 aromatic rings. The maximum Gasteiger partial charge on any atom is 0.339 e. The van der Waals surface area contributed by atoms with Crippen molar-refractivity contribution in [3.63, 3.8) is 0 Å². The lowest BCUT2D eigenvalue weighted by Gasteiger charge is -2.31. The van der Waals surface area contributed by atoms with Gasteiger partial charge in [0.1, 0.15) is 0 Å². The molecule has 74 valence electrons. The smallest absolute Gasteiger partial charge is 0.339 e. The molecule has 0 saturated heterocycles. The number of hydrogen-bond donors (Lipinski definition) is 2. The first-order valence-electron chi connectivity index (χ1n) is 4.40. The lowest BCUT2D eigenvalue weighted by Crippen LogP contribution is -2.48. The van der Waals surface area contributed by atoms with E-state index < -0.39 is 10.4 Å². The molecule has 1 atom stereocenters. The van der Waals surface area contributed by atoms with E-state index in [0.717, 1.165) is 17.5 Å². The second-order valence-electron chi connectivity index (χ2n) is 3.30. The van der Waals surface area contributed by atoms with Crippen LogP contribution in [0, 0.1) is 0 Å². The van der Waals surface area contributed by atoms with Crippen LogP contribution in [0.1, 0.15) is 11.1 Å². The van der Waals surface area contributed by atoms with Gasteiger partial charge in [-0.1, -0.05) is 24.3 Å². The van der Waals surface area contributed by atoms with Crippen LogP contribution in [0.5, 0.6) is 0 Å². The van der Waals surface area contributed by atoms with Gasteiger partial charge in [0.2, 0.25) is 0 Å². The first kappa shape index (κ1) is 9.68. The van der Waals surface area contributed by atoms with Crippen molar-refractivity contribution in [1.29, 1.82) is 0 Å². The van der Waals surface area contributed by atoms with Gasteiger partial charge in [0, 0.05) is 6.54 Å². The Morgan fingerprint density at radius 1 is 1.50 bits per heavy atom. The third kappa shape index (κ3) is 1.35. The highest BCUT2D eigenvalue weighted by Gasteiger charge is 2.40. The summed E-state index contributed by atoms with van der Waals surface area (Å²) in [7, 11) is 0. The van der Waals surface area contributed by atoms with Crippen molar-refractivity contribution in [3.8, 4) is 0 Å². The average Bonchev–Trinajstić information content (AvgIpc) is 2.18. The first-order chi connectivity index (χ1) is 6.64. The van der Waals surface area contributed by atoms with Gasteiger partial charge < -0.3 is 5.11 Å². The Labute approximate surface area is 90.3 Å².